The quantitative estimate of drug-likeness (QED) is 0.323. The molecule has 1 amide bonds. The number of nitrogens with zero attached hydrogens (tertiary/aromatic N) is 2. The van der Waals surface area contributed by atoms with E-state index in [4.69, 9.17) is 4.74 Å². The normalized spacial score (nSPS) is 10.7. The Morgan fingerprint density at radius 3 is 2.66 bits per heavy atom. The summed E-state index contributed by atoms with van der Waals surface area (Å²) in [5.41, 5.74) is 2.00. The zero-order valence-corrected chi connectivity index (χ0v) is 17.6. The molecular weight excluding hydrogens is 390 g/mol. The van der Waals surface area contributed by atoms with Crippen molar-refractivity contribution < 1.29 is 14.5 Å². The van der Waals surface area contributed by atoms with Crippen molar-refractivity contribution in [3.8, 4) is 5.75 Å². The SMILES string of the molecule is COc1ccc(CSCC(=O)NCCCN(C)Cc2ccccc2)cc1[N+](=O)[O-]. The lowest BCUT2D eigenvalue weighted by molar-refractivity contribution is -0.385. The second kappa shape index (κ2) is 12.1. The number of hydrogen-bond donors (Lipinski definition) is 1. The van der Waals surface area contributed by atoms with Crippen LogP contribution in [0, 0.1) is 10.1 Å². The first-order chi connectivity index (χ1) is 14.0. The van der Waals surface area contributed by atoms with Crippen molar-refractivity contribution in [1.82, 2.24) is 10.2 Å². The van der Waals surface area contributed by atoms with Crippen LogP contribution in [0.4, 0.5) is 5.69 Å². The molecule has 156 valence electrons. The number of hydrogen-bond acceptors (Lipinski definition) is 6. The summed E-state index contributed by atoms with van der Waals surface area (Å²) in [5, 5.41) is 14.0. The number of ether oxygens (including phenoxy) is 1. The number of nitro benzene ring substituents is 1. The van der Waals surface area contributed by atoms with Crippen molar-refractivity contribution >= 4 is 23.4 Å². The van der Waals surface area contributed by atoms with Crippen LogP contribution >= 0.6 is 11.8 Å². The molecule has 2 aromatic rings. The van der Waals surface area contributed by atoms with Crippen LogP contribution in [0.25, 0.3) is 0 Å². The Morgan fingerprint density at radius 2 is 1.97 bits per heavy atom. The van der Waals surface area contributed by atoms with Gasteiger partial charge in [-0.15, -0.1) is 11.8 Å². The van der Waals surface area contributed by atoms with E-state index in [1.807, 2.05) is 18.2 Å². The van der Waals surface area contributed by atoms with E-state index >= 15 is 0 Å². The van der Waals surface area contributed by atoms with Crippen LogP contribution in [0.15, 0.2) is 48.5 Å². The van der Waals surface area contributed by atoms with E-state index in [0.29, 0.717) is 18.1 Å². The number of benzene rings is 2. The Bertz CT molecular complexity index is 802. The number of rotatable bonds is 12. The maximum absolute atomic E-state index is 12.0. The Morgan fingerprint density at radius 1 is 1.21 bits per heavy atom. The van der Waals surface area contributed by atoms with Gasteiger partial charge in [0.15, 0.2) is 5.75 Å². The van der Waals surface area contributed by atoms with Gasteiger partial charge >= 0.3 is 5.69 Å². The Hall–Kier alpha value is -2.58. The average Bonchev–Trinajstić information content (AvgIpc) is 2.72. The summed E-state index contributed by atoms with van der Waals surface area (Å²) in [6.45, 7) is 2.42. The molecule has 0 unspecified atom stereocenters. The van der Waals surface area contributed by atoms with E-state index < -0.39 is 4.92 Å². The average molecular weight is 418 g/mol. The van der Waals surface area contributed by atoms with Crippen LogP contribution in [0.2, 0.25) is 0 Å². The molecular formula is C21H27N3O4S. The molecule has 8 heteroatoms. The largest absolute Gasteiger partial charge is 0.490 e. The fourth-order valence-electron chi connectivity index (χ4n) is 2.83. The number of nitro groups is 1. The summed E-state index contributed by atoms with van der Waals surface area (Å²) >= 11 is 1.43. The van der Waals surface area contributed by atoms with Crippen molar-refractivity contribution in [2.45, 2.75) is 18.7 Å². The summed E-state index contributed by atoms with van der Waals surface area (Å²) in [5.74, 6) is 1.06. The van der Waals surface area contributed by atoms with Crippen molar-refractivity contribution in [2.75, 3.05) is 33.0 Å². The zero-order chi connectivity index (χ0) is 21.1. The lowest BCUT2D eigenvalue weighted by Crippen LogP contribution is -2.29. The first kappa shape index (κ1) is 22.7. The van der Waals surface area contributed by atoms with Gasteiger partial charge in [-0.3, -0.25) is 14.9 Å². The minimum atomic E-state index is -0.464. The fourth-order valence-corrected chi connectivity index (χ4v) is 3.64. The monoisotopic (exact) mass is 417 g/mol. The van der Waals surface area contributed by atoms with Crippen LogP contribution in [0.1, 0.15) is 17.5 Å². The van der Waals surface area contributed by atoms with E-state index in [1.54, 1.807) is 12.1 Å². The van der Waals surface area contributed by atoms with Crippen molar-refractivity contribution in [3.05, 3.63) is 69.8 Å². The second-order valence-corrected chi connectivity index (χ2v) is 7.67. The van der Waals surface area contributed by atoms with E-state index in [9.17, 15) is 14.9 Å². The molecule has 29 heavy (non-hydrogen) atoms. The Kier molecular flexibility index (Phi) is 9.46. The molecule has 0 saturated carbocycles. The molecule has 1 N–H and O–H groups in total. The third-order valence-electron chi connectivity index (χ3n) is 4.28. The number of carbonyl (C=O) groups excluding carboxylic acids is 1. The molecule has 0 aliphatic heterocycles. The van der Waals surface area contributed by atoms with Gasteiger partial charge in [-0.25, -0.2) is 0 Å². The lowest BCUT2D eigenvalue weighted by Gasteiger charge is -2.16. The van der Waals surface area contributed by atoms with E-state index in [0.717, 1.165) is 25.1 Å². The van der Waals surface area contributed by atoms with Crippen molar-refractivity contribution in [3.63, 3.8) is 0 Å². The highest BCUT2D eigenvalue weighted by Gasteiger charge is 2.15. The highest BCUT2D eigenvalue weighted by molar-refractivity contribution is 7.99. The summed E-state index contributed by atoms with van der Waals surface area (Å²) in [4.78, 5) is 24.8. The third-order valence-corrected chi connectivity index (χ3v) is 5.28. The molecule has 0 fully saturated rings. The molecule has 7 nitrogen and oxygen atoms in total. The van der Waals surface area contributed by atoms with E-state index in [1.165, 1.54) is 30.5 Å². The van der Waals surface area contributed by atoms with Gasteiger partial charge in [0.2, 0.25) is 5.91 Å². The molecule has 2 aromatic carbocycles. The summed E-state index contributed by atoms with van der Waals surface area (Å²) in [7, 11) is 3.47. The van der Waals surface area contributed by atoms with Gasteiger partial charge in [0.1, 0.15) is 0 Å². The molecule has 0 bridgehead atoms. The number of amides is 1. The molecule has 0 aromatic heterocycles. The predicted octanol–water partition coefficient (Wildman–Crippen LogP) is 3.47. The molecule has 2 rings (SSSR count). The minimum Gasteiger partial charge on any atom is -0.490 e. The molecule has 0 heterocycles. The van der Waals surface area contributed by atoms with Gasteiger partial charge in [0, 0.05) is 24.9 Å². The lowest BCUT2D eigenvalue weighted by atomic mass is 10.2. The van der Waals surface area contributed by atoms with Gasteiger partial charge in [0.25, 0.3) is 0 Å². The molecule has 0 saturated heterocycles. The van der Waals surface area contributed by atoms with Crippen molar-refractivity contribution in [2.24, 2.45) is 0 Å². The molecule has 0 aliphatic rings. The van der Waals surface area contributed by atoms with Gasteiger partial charge in [-0.05, 0) is 37.2 Å². The summed E-state index contributed by atoms with van der Waals surface area (Å²) in [6.07, 6.45) is 0.879. The third kappa shape index (κ3) is 8.13. The first-order valence-electron chi connectivity index (χ1n) is 9.38. The topological polar surface area (TPSA) is 84.7 Å². The standard InChI is InChI=1S/C21H27N3O4S/c1-23(14-17-7-4-3-5-8-17)12-6-11-22-21(25)16-29-15-18-9-10-20(28-2)19(13-18)24(26)27/h3-5,7-10,13H,6,11-12,14-16H2,1-2H3,(H,22,25). The van der Waals surface area contributed by atoms with Gasteiger partial charge in [-0.1, -0.05) is 36.4 Å². The van der Waals surface area contributed by atoms with Crippen LogP contribution in [-0.2, 0) is 17.1 Å². The van der Waals surface area contributed by atoms with Crippen LogP contribution < -0.4 is 10.1 Å². The second-order valence-electron chi connectivity index (χ2n) is 6.68. The van der Waals surface area contributed by atoms with Gasteiger partial charge in [-0.2, -0.15) is 0 Å². The highest BCUT2D eigenvalue weighted by Crippen LogP contribution is 2.28. The maximum atomic E-state index is 12.0. The van der Waals surface area contributed by atoms with Crippen LogP contribution in [0.5, 0.6) is 5.75 Å². The summed E-state index contributed by atoms with van der Waals surface area (Å²) in [6, 6.07) is 15.1. The maximum Gasteiger partial charge on any atom is 0.311 e. The zero-order valence-electron chi connectivity index (χ0n) is 16.8. The Balaban J connectivity index is 1.62. The number of thioether (sulfide) groups is 1. The molecule has 0 aliphatic carbocycles. The molecule has 0 radical (unpaired) electrons. The van der Waals surface area contributed by atoms with E-state index in [2.05, 4.69) is 29.4 Å². The smallest absolute Gasteiger partial charge is 0.311 e. The van der Waals surface area contributed by atoms with Gasteiger partial charge < -0.3 is 15.0 Å². The Labute approximate surface area is 175 Å². The predicted molar refractivity (Wildman–Crippen MR) is 116 cm³/mol. The van der Waals surface area contributed by atoms with Crippen LogP contribution in [-0.4, -0.2) is 48.7 Å². The highest BCUT2D eigenvalue weighted by atomic mass is 32.2. The van der Waals surface area contributed by atoms with Crippen LogP contribution in [0.3, 0.4) is 0 Å². The number of methoxy groups -OCH3 is 1. The minimum absolute atomic E-state index is 0.0243. The first-order valence-corrected chi connectivity index (χ1v) is 10.5. The molecule has 0 spiro atoms. The number of carbonyl (C=O) groups is 1. The van der Waals surface area contributed by atoms with Gasteiger partial charge in [0.05, 0.1) is 17.8 Å². The van der Waals surface area contributed by atoms with E-state index in [-0.39, 0.29) is 17.3 Å². The fraction of sp³-hybridized carbons (Fsp3) is 0.381. The van der Waals surface area contributed by atoms with Crippen molar-refractivity contribution in [1.29, 1.82) is 0 Å². The molecule has 0 atom stereocenters. The summed E-state index contributed by atoms with van der Waals surface area (Å²) < 4.78 is 4.99. The number of nitrogens with one attached hydrogen (secondary N) is 1.